The molecule has 1 saturated carbocycles. The van der Waals surface area contributed by atoms with Crippen molar-refractivity contribution < 1.29 is 24.2 Å². The van der Waals surface area contributed by atoms with Gasteiger partial charge in [0.2, 0.25) is 5.91 Å². The van der Waals surface area contributed by atoms with Crippen molar-refractivity contribution in [3.63, 3.8) is 0 Å². The second-order valence-electron chi connectivity index (χ2n) is 10.8. The molecular weight excluding hydrogens is 506 g/mol. The number of aliphatic carboxylic acids is 1. The number of rotatable bonds is 10. The van der Waals surface area contributed by atoms with Crippen molar-refractivity contribution >= 4 is 18.0 Å². The highest BCUT2D eigenvalue weighted by atomic mass is 16.5. The predicted molar refractivity (Wildman–Crippen MR) is 152 cm³/mol. The quantitative estimate of drug-likeness (QED) is 0.396. The van der Waals surface area contributed by atoms with Crippen LogP contribution in [0.5, 0.6) is 0 Å². The summed E-state index contributed by atoms with van der Waals surface area (Å²) >= 11 is 0. The number of carboxylic acid groups (broad SMARTS) is 1. The number of hydrogen-bond acceptors (Lipinski definition) is 5. The summed E-state index contributed by atoms with van der Waals surface area (Å²) in [6, 6.07) is 25.1. The molecule has 8 nitrogen and oxygen atoms in total. The maximum Gasteiger partial charge on any atom is 0.407 e. The Morgan fingerprint density at radius 2 is 1.48 bits per heavy atom. The molecular formula is C32H35N3O5. The first kappa shape index (κ1) is 27.4. The largest absolute Gasteiger partial charge is 0.481 e. The number of likely N-dealkylation sites (N-methyl/N-ethyl adjacent to an activating group) is 2. The van der Waals surface area contributed by atoms with E-state index in [9.17, 15) is 19.5 Å². The molecule has 0 aromatic heterocycles. The molecule has 1 atom stereocenters. The Morgan fingerprint density at radius 1 is 0.900 bits per heavy atom. The summed E-state index contributed by atoms with van der Waals surface area (Å²) in [7, 11) is 3.57. The van der Waals surface area contributed by atoms with Crippen LogP contribution in [0.25, 0.3) is 11.1 Å². The molecule has 1 fully saturated rings. The number of carbonyl (C=O) groups is 3. The molecule has 1 unspecified atom stereocenters. The summed E-state index contributed by atoms with van der Waals surface area (Å²) < 4.78 is 5.73. The average molecular weight is 542 g/mol. The lowest BCUT2D eigenvalue weighted by Gasteiger charge is -2.40. The molecule has 2 amide bonds. The minimum Gasteiger partial charge on any atom is -0.481 e. The van der Waals surface area contributed by atoms with E-state index in [2.05, 4.69) is 29.6 Å². The fourth-order valence-electron chi connectivity index (χ4n) is 5.77. The number of amides is 2. The molecule has 208 valence electrons. The number of alkyl carbamates (subject to hydrolysis) is 1. The van der Waals surface area contributed by atoms with Crippen LogP contribution in [0.3, 0.4) is 0 Å². The Labute approximate surface area is 234 Å². The number of carbonyl (C=O) groups excluding carboxylic acids is 2. The van der Waals surface area contributed by atoms with Crippen molar-refractivity contribution in [1.82, 2.24) is 15.1 Å². The summed E-state index contributed by atoms with van der Waals surface area (Å²) in [6.07, 6.45) is 0.170. The van der Waals surface area contributed by atoms with Gasteiger partial charge in [-0.05, 0) is 47.7 Å². The average Bonchev–Trinajstić information content (AvgIpc) is 3.24. The molecule has 0 spiro atoms. The zero-order chi connectivity index (χ0) is 28.2. The second-order valence-corrected chi connectivity index (χ2v) is 10.8. The first-order chi connectivity index (χ1) is 19.3. The number of ether oxygens (including phenoxy) is 1. The predicted octanol–water partition coefficient (Wildman–Crippen LogP) is 4.35. The molecule has 2 aliphatic rings. The lowest BCUT2D eigenvalue weighted by Crippen LogP contribution is -2.57. The van der Waals surface area contributed by atoms with Gasteiger partial charge in [0.1, 0.15) is 12.6 Å². The van der Waals surface area contributed by atoms with Gasteiger partial charge in [-0.25, -0.2) is 4.79 Å². The van der Waals surface area contributed by atoms with Crippen LogP contribution in [0.2, 0.25) is 0 Å². The molecule has 3 aromatic carbocycles. The number of benzene rings is 3. The van der Waals surface area contributed by atoms with Gasteiger partial charge in [0.15, 0.2) is 0 Å². The fraction of sp³-hybridized carbons (Fsp3) is 0.344. The lowest BCUT2D eigenvalue weighted by molar-refractivity contribution is -0.150. The summed E-state index contributed by atoms with van der Waals surface area (Å²) in [6.45, 7) is 1.03. The zero-order valence-electron chi connectivity index (χ0n) is 22.8. The van der Waals surface area contributed by atoms with E-state index in [1.807, 2.05) is 66.5 Å². The van der Waals surface area contributed by atoms with Crippen molar-refractivity contribution in [2.75, 3.05) is 27.2 Å². The monoisotopic (exact) mass is 541 g/mol. The molecule has 0 aliphatic heterocycles. The van der Waals surface area contributed by atoms with Gasteiger partial charge < -0.3 is 20.1 Å². The second kappa shape index (κ2) is 11.9. The smallest absolute Gasteiger partial charge is 0.407 e. The van der Waals surface area contributed by atoms with Crippen LogP contribution < -0.4 is 5.32 Å². The van der Waals surface area contributed by atoms with Crippen LogP contribution >= 0.6 is 0 Å². The summed E-state index contributed by atoms with van der Waals surface area (Å²) in [4.78, 5) is 41.5. The molecule has 2 aliphatic carbocycles. The van der Waals surface area contributed by atoms with Gasteiger partial charge in [-0.1, -0.05) is 78.9 Å². The van der Waals surface area contributed by atoms with Crippen LogP contribution in [0.4, 0.5) is 4.79 Å². The third-order valence-corrected chi connectivity index (χ3v) is 8.08. The van der Waals surface area contributed by atoms with Gasteiger partial charge in [0.25, 0.3) is 0 Å². The van der Waals surface area contributed by atoms with Crippen molar-refractivity contribution in [3.05, 3.63) is 95.6 Å². The van der Waals surface area contributed by atoms with E-state index in [1.165, 1.54) is 0 Å². The Hall–Kier alpha value is -4.17. The van der Waals surface area contributed by atoms with E-state index in [4.69, 9.17) is 4.74 Å². The normalized spacial score (nSPS) is 18.3. The molecule has 2 N–H and O–H groups in total. The van der Waals surface area contributed by atoms with Gasteiger partial charge in [0.05, 0.1) is 5.92 Å². The molecule has 0 radical (unpaired) electrons. The Balaban J connectivity index is 1.26. The molecule has 0 saturated heterocycles. The van der Waals surface area contributed by atoms with Crippen LogP contribution in [-0.2, 0) is 20.9 Å². The zero-order valence-corrected chi connectivity index (χ0v) is 22.8. The van der Waals surface area contributed by atoms with Crippen molar-refractivity contribution in [2.45, 2.75) is 37.4 Å². The van der Waals surface area contributed by atoms with Gasteiger partial charge in [-0.15, -0.1) is 0 Å². The topological polar surface area (TPSA) is 99.2 Å². The third kappa shape index (κ3) is 5.87. The van der Waals surface area contributed by atoms with E-state index >= 15 is 0 Å². The van der Waals surface area contributed by atoms with E-state index in [0.717, 1.165) is 27.8 Å². The maximum atomic E-state index is 13.5. The maximum absolute atomic E-state index is 13.5. The minimum atomic E-state index is -0.849. The number of hydrogen-bond donors (Lipinski definition) is 2. The number of nitrogens with zero attached hydrogens (tertiary/aromatic N) is 2. The number of nitrogens with one attached hydrogen (secondary N) is 1. The van der Waals surface area contributed by atoms with Crippen molar-refractivity contribution in [1.29, 1.82) is 0 Å². The van der Waals surface area contributed by atoms with E-state index in [0.29, 0.717) is 19.4 Å². The lowest BCUT2D eigenvalue weighted by atomic mass is 9.79. The Kier molecular flexibility index (Phi) is 8.16. The first-order valence-corrected chi connectivity index (χ1v) is 13.6. The third-order valence-electron chi connectivity index (χ3n) is 8.08. The highest BCUT2D eigenvalue weighted by molar-refractivity contribution is 5.86. The Morgan fingerprint density at radius 3 is 2.08 bits per heavy atom. The molecule has 40 heavy (non-hydrogen) atoms. The highest BCUT2D eigenvalue weighted by Crippen LogP contribution is 2.44. The van der Waals surface area contributed by atoms with Crippen LogP contribution in [0.1, 0.15) is 35.4 Å². The van der Waals surface area contributed by atoms with Crippen molar-refractivity contribution in [2.24, 2.45) is 5.92 Å². The molecule has 8 heteroatoms. The van der Waals surface area contributed by atoms with Gasteiger partial charge in [0, 0.05) is 32.1 Å². The minimum absolute atomic E-state index is 0.0846. The van der Waals surface area contributed by atoms with Crippen molar-refractivity contribution in [3.8, 4) is 11.1 Å². The fourth-order valence-corrected chi connectivity index (χ4v) is 5.77. The summed E-state index contributed by atoms with van der Waals surface area (Å²) in [5.41, 5.74) is 5.61. The molecule has 5 rings (SSSR count). The highest BCUT2D eigenvalue weighted by Gasteiger charge is 2.40. The number of fused-ring (bicyclic) bond motifs is 3. The van der Waals surface area contributed by atoms with Gasteiger partial charge in [-0.2, -0.15) is 0 Å². The van der Waals surface area contributed by atoms with Gasteiger partial charge >= 0.3 is 12.1 Å². The Bertz CT molecular complexity index is 1330. The standard InChI is InChI=1S/C32H35N3O5/c1-34(18-21-10-4-3-5-11-21)19-29(30(36)35(2)23-16-22(17-23)31(37)38)33-32(39)40-20-28-26-14-8-6-12-24(26)25-13-7-9-15-27(25)28/h3-15,22-23,28-29H,16-20H2,1-2H3,(H,33,39)(H,37,38). The van der Waals surface area contributed by atoms with Crippen LogP contribution in [-0.4, -0.2) is 72.2 Å². The summed E-state index contributed by atoms with van der Waals surface area (Å²) in [5, 5.41) is 12.1. The van der Waals surface area contributed by atoms with E-state index in [1.54, 1.807) is 11.9 Å². The van der Waals surface area contributed by atoms with Crippen LogP contribution in [0.15, 0.2) is 78.9 Å². The van der Waals surface area contributed by atoms with E-state index < -0.39 is 24.0 Å². The number of carboxylic acids is 1. The van der Waals surface area contributed by atoms with Gasteiger partial charge in [-0.3, -0.25) is 14.5 Å². The van der Waals surface area contributed by atoms with E-state index in [-0.39, 0.29) is 31.0 Å². The van der Waals surface area contributed by atoms with Crippen LogP contribution in [0, 0.1) is 5.92 Å². The first-order valence-electron chi connectivity index (χ1n) is 13.6. The summed E-state index contributed by atoms with van der Waals surface area (Å²) in [5.74, 6) is -1.62. The molecule has 3 aromatic rings. The molecule has 0 heterocycles. The molecule has 0 bridgehead atoms. The SMILES string of the molecule is CN(Cc1ccccc1)CC(NC(=O)OCC1c2ccccc2-c2ccccc21)C(=O)N(C)C1CC(C(=O)O)C1.